The van der Waals surface area contributed by atoms with Gasteiger partial charge < -0.3 is 9.26 Å². The van der Waals surface area contributed by atoms with Gasteiger partial charge in [-0.15, -0.1) is 0 Å². The van der Waals surface area contributed by atoms with E-state index in [1.165, 1.54) is 17.7 Å². The number of aromatic nitrogens is 3. The van der Waals surface area contributed by atoms with Crippen LogP contribution in [0.5, 0.6) is 5.75 Å². The minimum Gasteiger partial charge on any atom is -0.487 e. The molecule has 5 rings (SSSR count). The average molecular weight is 445 g/mol. The van der Waals surface area contributed by atoms with Crippen LogP contribution in [-0.2, 0) is 13.2 Å². The van der Waals surface area contributed by atoms with Crippen LogP contribution in [0.15, 0.2) is 77.4 Å². The van der Waals surface area contributed by atoms with Gasteiger partial charge in [0.2, 0.25) is 11.7 Å². The summed E-state index contributed by atoms with van der Waals surface area (Å²) in [5, 5.41) is 4.07. The van der Waals surface area contributed by atoms with Gasteiger partial charge in [-0.1, -0.05) is 35.5 Å². The molecule has 1 atom stereocenters. The highest BCUT2D eigenvalue weighted by Crippen LogP contribution is 2.28. The summed E-state index contributed by atoms with van der Waals surface area (Å²) < 4.78 is 24.9. The van der Waals surface area contributed by atoms with Crippen molar-refractivity contribution in [2.75, 3.05) is 13.1 Å². The maximum atomic E-state index is 13.5. The number of ether oxygens (including phenoxy) is 1. The molecular weight excluding hydrogens is 419 g/mol. The van der Waals surface area contributed by atoms with Gasteiger partial charge >= 0.3 is 0 Å². The lowest BCUT2D eigenvalue weighted by Crippen LogP contribution is -2.34. The van der Waals surface area contributed by atoms with Gasteiger partial charge in [0.25, 0.3) is 0 Å². The molecule has 7 heteroatoms. The summed E-state index contributed by atoms with van der Waals surface area (Å²) >= 11 is 0. The van der Waals surface area contributed by atoms with E-state index in [1.54, 1.807) is 18.3 Å². The van der Waals surface area contributed by atoms with E-state index in [0.717, 1.165) is 43.9 Å². The molecule has 6 nitrogen and oxygen atoms in total. The third-order valence-electron chi connectivity index (χ3n) is 5.82. The van der Waals surface area contributed by atoms with Crippen LogP contribution < -0.4 is 4.74 Å². The molecule has 0 saturated carbocycles. The van der Waals surface area contributed by atoms with E-state index in [2.05, 4.69) is 32.2 Å². The first-order valence-electron chi connectivity index (χ1n) is 11.2. The number of piperidine rings is 1. The molecule has 0 amide bonds. The summed E-state index contributed by atoms with van der Waals surface area (Å²) in [6, 6.07) is 20.3. The van der Waals surface area contributed by atoms with Gasteiger partial charge in [0.05, 0.1) is 11.6 Å². The maximum Gasteiger partial charge on any atom is 0.231 e. The molecule has 0 spiro atoms. The number of likely N-dealkylation sites (tertiary alicyclic amines) is 1. The molecule has 0 N–H and O–H groups in total. The lowest BCUT2D eigenvalue weighted by atomic mass is 9.97. The summed E-state index contributed by atoms with van der Waals surface area (Å²) in [5.41, 5.74) is 2.76. The zero-order valence-electron chi connectivity index (χ0n) is 18.2. The molecule has 0 radical (unpaired) electrons. The predicted molar refractivity (Wildman–Crippen MR) is 122 cm³/mol. The molecule has 1 fully saturated rings. The van der Waals surface area contributed by atoms with E-state index in [1.807, 2.05) is 30.3 Å². The molecule has 0 aliphatic carbocycles. The Morgan fingerprint density at radius 1 is 1.06 bits per heavy atom. The molecule has 2 aromatic heterocycles. The number of benzene rings is 2. The number of pyridine rings is 1. The molecule has 1 aliphatic heterocycles. The fraction of sp³-hybridized carbons (Fsp3) is 0.269. The Hall–Kier alpha value is -3.58. The van der Waals surface area contributed by atoms with Crippen LogP contribution in [0.1, 0.15) is 35.9 Å². The molecule has 168 valence electrons. The van der Waals surface area contributed by atoms with Crippen LogP contribution in [0.4, 0.5) is 4.39 Å². The van der Waals surface area contributed by atoms with Crippen LogP contribution in [0, 0.1) is 5.82 Å². The van der Waals surface area contributed by atoms with Crippen molar-refractivity contribution in [3.05, 3.63) is 95.9 Å². The van der Waals surface area contributed by atoms with Crippen molar-refractivity contribution in [1.29, 1.82) is 0 Å². The second-order valence-electron chi connectivity index (χ2n) is 8.29. The molecule has 1 saturated heterocycles. The predicted octanol–water partition coefficient (Wildman–Crippen LogP) is 5.23. The molecule has 1 unspecified atom stereocenters. The van der Waals surface area contributed by atoms with E-state index in [-0.39, 0.29) is 11.7 Å². The Balaban J connectivity index is 1.17. The number of hydrogen-bond acceptors (Lipinski definition) is 6. The minimum atomic E-state index is -0.309. The molecule has 1 aliphatic rings. The lowest BCUT2D eigenvalue weighted by molar-refractivity contribution is 0.180. The van der Waals surface area contributed by atoms with Crippen molar-refractivity contribution in [3.8, 4) is 17.1 Å². The van der Waals surface area contributed by atoms with E-state index < -0.39 is 0 Å². The van der Waals surface area contributed by atoms with Crippen molar-refractivity contribution in [3.63, 3.8) is 0 Å². The van der Waals surface area contributed by atoms with Crippen molar-refractivity contribution < 1.29 is 13.7 Å². The Labute approximate surface area is 192 Å². The number of hydrogen-bond donors (Lipinski definition) is 0. The first-order chi connectivity index (χ1) is 16.2. The molecule has 0 bridgehead atoms. The number of nitrogens with zero attached hydrogens (tertiary/aromatic N) is 4. The summed E-state index contributed by atoms with van der Waals surface area (Å²) in [6.45, 7) is 3.18. The Morgan fingerprint density at radius 2 is 1.97 bits per heavy atom. The molecule has 3 heterocycles. The normalized spacial score (nSPS) is 16.6. The van der Waals surface area contributed by atoms with Gasteiger partial charge in [-0.25, -0.2) is 4.39 Å². The van der Waals surface area contributed by atoms with Crippen molar-refractivity contribution in [2.24, 2.45) is 0 Å². The molecule has 2 aromatic carbocycles. The minimum absolute atomic E-state index is 0.175. The van der Waals surface area contributed by atoms with E-state index in [4.69, 9.17) is 9.26 Å². The SMILES string of the molecule is Fc1cccc(-c2noc(C3CCCN(Cc4ccc(OCc5ccccn5)cc4)C3)n2)c1. The largest absolute Gasteiger partial charge is 0.487 e. The van der Waals surface area contributed by atoms with E-state index in [0.29, 0.717) is 23.9 Å². The van der Waals surface area contributed by atoms with Crippen LogP contribution in [0.3, 0.4) is 0 Å². The fourth-order valence-electron chi connectivity index (χ4n) is 4.14. The van der Waals surface area contributed by atoms with Crippen molar-refractivity contribution in [1.82, 2.24) is 20.0 Å². The van der Waals surface area contributed by atoms with Gasteiger partial charge in [0.1, 0.15) is 18.2 Å². The monoisotopic (exact) mass is 444 g/mol. The van der Waals surface area contributed by atoms with E-state index >= 15 is 0 Å². The number of rotatable bonds is 7. The molecular formula is C26H25FN4O2. The van der Waals surface area contributed by atoms with Crippen LogP contribution in [0.2, 0.25) is 0 Å². The highest BCUT2D eigenvalue weighted by atomic mass is 19.1. The third kappa shape index (κ3) is 5.43. The summed E-state index contributed by atoms with van der Waals surface area (Å²) in [5.74, 6) is 1.75. The van der Waals surface area contributed by atoms with Crippen LogP contribution in [-0.4, -0.2) is 33.1 Å². The Bertz CT molecular complexity index is 1180. The van der Waals surface area contributed by atoms with Gasteiger partial charge in [-0.3, -0.25) is 9.88 Å². The van der Waals surface area contributed by atoms with Crippen molar-refractivity contribution >= 4 is 0 Å². The zero-order valence-corrected chi connectivity index (χ0v) is 18.2. The van der Waals surface area contributed by atoms with Gasteiger partial charge in [-0.2, -0.15) is 4.98 Å². The molecule has 4 aromatic rings. The highest BCUT2D eigenvalue weighted by Gasteiger charge is 2.26. The smallest absolute Gasteiger partial charge is 0.231 e. The standard InChI is InChI=1S/C26H25FN4O2/c27-22-7-3-5-20(15-22)25-29-26(33-30-25)21-6-4-14-31(17-21)16-19-9-11-24(12-10-19)32-18-23-8-1-2-13-28-23/h1-3,5,7-13,15,21H,4,6,14,16-18H2. The van der Waals surface area contributed by atoms with Crippen LogP contribution in [0.25, 0.3) is 11.4 Å². The molecule has 33 heavy (non-hydrogen) atoms. The van der Waals surface area contributed by atoms with Crippen molar-refractivity contribution in [2.45, 2.75) is 31.9 Å². The first kappa shape index (κ1) is 21.3. The van der Waals surface area contributed by atoms with E-state index in [9.17, 15) is 4.39 Å². The Morgan fingerprint density at radius 3 is 2.79 bits per heavy atom. The zero-order chi connectivity index (χ0) is 22.5. The highest BCUT2D eigenvalue weighted by molar-refractivity contribution is 5.53. The second kappa shape index (κ2) is 9.92. The summed E-state index contributed by atoms with van der Waals surface area (Å²) in [4.78, 5) is 11.2. The first-order valence-corrected chi connectivity index (χ1v) is 11.2. The second-order valence-corrected chi connectivity index (χ2v) is 8.29. The number of halogens is 1. The lowest BCUT2D eigenvalue weighted by Gasteiger charge is -2.30. The summed E-state index contributed by atoms with van der Waals surface area (Å²) in [6.07, 6.45) is 3.83. The Kier molecular flexibility index (Phi) is 6.39. The van der Waals surface area contributed by atoms with Crippen LogP contribution >= 0.6 is 0 Å². The van der Waals surface area contributed by atoms with Gasteiger partial charge in [0.15, 0.2) is 0 Å². The fourth-order valence-corrected chi connectivity index (χ4v) is 4.14. The summed E-state index contributed by atoms with van der Waals surface area (Å²) in [7, 11) is 0. The topological polar surface area (TPSA) is 64.3 Å². The van der Waals surface area contributed by atoms with Gasteiger partial charge in [-0.05, 0) is 61.3 Å². The quantitative estimate of drug-likeness (QED) is 0.389. The average Bonchev–Trinajstić information content (AvgIpc) is 3.35. The third-order valence-corrected chi connectivity index (χ3v) is 5.82. The van der Waals surface area contributed by atoms with Gasteiger partial charge in [0, 0.05) is 24.8 Å². The maximum absolute atomic E-state index is 13.5.